The molecule has 0 radical (unpaired) electrons. The summed E-state index contributed by atoms with van der Waals surface area (Å²) in [5.41, 5.74) is 7.71. The number of benzene rings is 2. The largest absolute Gasteiger partial charge is 0.494 e. The summed E-state index contributed by atoms with van der Waals surface area (Å²) in [6, 6.07) is 16.5. The summed E-state index contributed by atoms with van der Waals surface area (Å²) in [4.78, 5) is 12.2. The van der Waals surface area contributed by atoms with E-state index in [-0.39, 0.29) is 18.3 Å². The molecule has 23 heavy (non-hydrogen) atoms. The molecule has 2 rings (SSSR count). The van der Waals surface area contributed by atoms with E-state index in [1.54, 1.807) is 0 Å². The third-order valence-corrected chi connectivity index (χ3v) is 3.21. The van der Waals surface area contributed by atoms with Crippen LogP contribution in [0.25, 0.3) is 0 Å². The second kappa shape index (κ2) is 9.87. The first-order valence-electron chi connectivity index (χ1n) is 7.52. The van der Waals surface area contributed by atoms with Gasteiger partial charge in [-0.2, -0.15) is 0 Å². The number of nitrogens with one attached hydrogen (secondary N) is 1. The van der Waals surface area contributed by atoms with Gasteiger partial charge >= 0.3 is 0 Å². The van der Waals surface area contributed by atoms with Crippen LogP contribution in [0.4, 0.5) is 5.69 Å². The predicted octanol–water partition coefficient (Wildman–Crippen LogP) is 3.41. The zero-order valence-electron chi connectivity index (χ0n) is 13.2. The van der Waals surface area contributed by atoms with E-state index in [4.69, 9.17) is 10.5 Å². The number of anilines is 1. The van der Waals surface area contributed by atoms with Gasteiger partial charge in [0.1, 0.15) is 5.75 Å². The standard InChI is InChI=1S/C18H22N2O2.ClH/c1-2-11-22-16-10-6-9-15(13-16)20-18(21)17(19)12-14-7-4-3-5-8-14;/h3-10,13,17H,2,11-12,19H2,1H3,(H,20,21);1H/t17-;/m0./s1. The Morgan fingerprint density at radius 2 is 1.91 bits per heavy atom. The van der Waals surface area contributed by atoms with E-state index in [9.17, 15) is 4.79 Å². The molecule has 4 nitrogen and oxygen atoms in total. The Bertz CT molecular complexity index is 605. The fraction of sp³-hybridized carbons (Fsp3) is 0.278. The zero-order chi connectivity index (χ0) is 15.8. The fourth-order valence-electron chi connectivity index (χ4n) is 2.08. The van der Waals surface area contributed by atoms with Crippen LogP contribution in [0.5, 0.6) is 5.75 Å². The number of halogens is 1. The van der Waals surface area contributed by atoms with Crippen LogP contribution in [-0.4, -0.2) is 18.6 Å². The number of carbonyl (C=O) groups is 1. The number of rotatable bonds is 7. The number of nitrogens with two attached hydrogens (primary N) is 1. The first-order valence-corrected chi connectivity index (χ1v) is 7.52. The molecule has 0 fully saturated rings. The van der Waals surface area contributed by atoms with Crippen LogP contribution in [0, 0.1) is 0 Å². The molecule has 0 heterocycles. The quantitative estimate of drug-likeness (QED) is 0.815. The molecule has 0 aliphatic heterocycles. The first kappa shape index (κ1) is 19.0. The Labute approximate surface area is 143 Å². The van der Waals surface area contributed by atoms with Gasteiger partial charge in [-0.15, -0.1) is 12.4 Å². The average molecular weight is 335 g/mol. The van der Waals surface area contributed by atoms with Crippen molar-refractivity contribution in [3.8, 4) is 5.75 Å². The molecule has 124 valence electrons. The van der Waals surface area contributed by atoms with Crippen LogP contribution in [0.2, 0.25) is 0 Å². The highest BCUT2D eigenvalue weighted by Gasteiger charge is 2.14. The number of ether oxygens (including phenoxy) is 1. The predicted molar refractivity (Wildman–Crippen MR) is 96.2 cm³/mol. The van der Waals surface area contributed by atoms with Gasteiger partial charge in [0, 0.05) is 11.8 Å². The molecule has 0 bridgehead atoms. The van der Waals surface area contributed by atoms with Gasteiger partial charge in [-0.05, 0) is 30.5 Å². The minimum absolute atomic E-state index is 0. The SMILES string of the molecule is CCCOc1cccc(NC(=O)[C@@H](N)Cc2ccccc2)c1.Cl. The molecule has 0 aliphatic carbocycles. The average Bonchev–Trinajstić information content (AvgIpc) is 2.54. The topological polar surface area (TPSA) is 64.3 Å². The minimum atomic E-state index is -0.581. The first-order chi connectivity index (χ1) is 10.7. The summed E-state index contributed by atoms with van der Waals surface area (Å²) in [5, 5.41) is 2.83. The molecular formula is C18H23ClN2O2. The molecule has 1 amide bonds. The maximum Gasteiger partial charge on any atom is 0.241 e. The van der Waals surface area contributed by atoms with E-state index in [0.29, 0.717) is 18.7 Å². The van der Waals surface area contributed by atoms with Crippen LogP contribution in [0.15, 0.2) is 54.6 Å². The maximum atomic E-state index is 12.2. The third kappa shape index (κ3) is 6.30. The van der Waals surface area contributed by atoms with Crippen LogP contribution in [0.3, 0.4) is 0 Å². The van der Waals surface area contributed by atoms with Crippen LogP contribution < -0.4 is 15.8 Å². The van der Waals surface area contributed by atoms with Crippen molar-refractivity contribution in [3.63, 3.8) is 0 Å². The number of amides is 1. The summed E-state index contributed by atoms with van der Waals surface area (Å²) in [5.74, 6) is 0.549. The fourth-order valence-corrected chi connectivity index (χ4v) is 2.08. The molecule has 2 aromatic carbocycles. The summed E-state index contributed by atoms with van der Waals surface area (Å²) in [7, 11) is 0. The molecule has 0 aliphatic rings. The molecule has 0 unspecified atom stereocenters. The molecule has 3 N–H and O–H groups in total. The molecule has 0 spiro atoms. The highest BCUT2D eigenvalue weighted by atomic mass is 35.5. The lowest BCUT2D eigenvalue weighted by Gasteiger charge is -2.13. The summed E-state index contributed by atoms with van der Waals surface area (Å²) < 4.78 is 5.55. The van der Waals surface area contributed by atoms with Gasteiger partial charge in [0.05, 0.1) is 12.6 Å². The summed E-state index contributed by atoms with van der Waals surface area (Å²) in [6.45, 7) is 2.71. The van der Waals surface area contributed by atoms with E-state index in [0.717, 1.165) is 17.7 Å². The van der Waals surface area contributed by atoms with Crippen molar-refractivity contribution in [3.05, 3.63) is 60.2 Å². The molecule has 0 aromatic heterocycles. The van der Waals surface area contributed by atoms with Crippen molar-refractivity contribution in [1.29, 1.82) is 0 Å². The van der Waals surface area contributed by atoms with Crippen LogP contribution in [0.1, 0.15) is 18.9 Å². The van der Waals surface area contributed by atoms with E-state index in [1.165, 1.54) is 0 Å². The van der Waals surface area contributed by atoms with Crippen molar-refractivity contribution in [1.82, 2.24) is 0 Å². The van der Waals surface area contributed by atoms with E-state index >= 15 is 0 Å². The van der Waals surface area contributed by atoms with Gasteiger partial charge in [0.2, 0.25) is 5.91 Å². The lowest BCUT2D eigenvalue weighted by molar-refractivity contribution is -0.117. The maximum absolute atomic E-state index is 12.2. The monoisotopic (exact) mass is 334 g/mol. The molecule has 5 heteroatoms. The number of carbonyl (C=O) groups excluding carboxylic acids is 1. The van der Waals surface area contributed by atoms with Gasteiger partial charge in [-0.1, -0.05) is 43.3 Å². The molecule has 1 atom stereocenters. The second-order valence-electron chi connectivity index (χ2n) is 5.16. The molecule has 2 aromatic rings. The van der Waals surface area contributed by atoms with Gasteiger partial charge < -0.3 is 15.8 Å². The Morgan fingerprint density at radius 3 is 2.61 bits per heavy atom. The Morgan fingerprint density at radius 1 is 1.17 bits per heavy atom. The zero-order valence-corrected chi connectivity index (χ0v) is 14.0. The van der Waals surface area contributed by atoms with Crippen molar-refractivity contribution in [2.45, 2.75) is 25.8 Å². The van der Waals surface area contributed by atoms with Crippen molar-refractivity contribution >= 4 is 24.0 Å². The van der Waals surface area contributed by atoms with Gasteiger partial charge in [0.15, 0.2) is 0 Å². The number of hydrogen-bond donors (Lipinski definition) is 2. The Balaban J connectivity index is 0.00000264. The molecular weight excluding hydrogens is 312 g/mol. The highest BCUT2D eigenvalue weighted by Crippen LogP contribution is 2.17. The molecule has 0 saturated heterocycles. The third-order valence-electron chi connectivity index (χ3n) is 3.21. The van der Waals surface area contributed by atoms with Gasteiger partial charge in [0.25, 0.3) is 0 Å². The van der Waals surface area contributed by atoms with Crippen molar-refractivity contribution < 1.29 is 9.53 Å². The van der Waals surface area contributed by atoms with Crippen molar-refractivity contribution in [2.24, 2.45) is 5.73 Å². The lowest BCUT2D eigenvalue weighted by Crippen LogP contribution is -2.37. The second-order valence-corrected chi connectivity index (χ2v) is 5.16. The van der Waals surface area contributed by atoms with E-state index in [2.05, 4.69) is 5.32 Å². The number of hydrogen-bond acceptors (Lipinski definition) is 3. The van der Waals surface area contributed by atoms with Gasteiger partial charge in [-0.3, -0.25) is 4.79 Å². The van der Waals surface area contributed by atoms with Gasteiger partial charge in [-0.25, -0.2) is 0 Å². The smallest absolute Gasteiger partial charge is 0.241 e. The molecule has 0 saturated carbocycles. The summed E-state index contributed by atoms with van der Waals surface area (Å²) in [6.07, 6.45) is 1.46. The van der Waals surface area contributed by atoms with Crippen LogP contribution in [-0.2, 0) is 11.2 Å². The van der Waals surface area contributed by atoms with E-state index in [1.807, 2.05) is 61.5 Å². The Hall–Kier alpha value is -2.04. The minimum Gasteiger partial charge on any atom is -0.494 e. The Kier molecular flexibility index (Phi) is 8.16. The van der Waals surface area contributed by atoms with Crippen molar-refractivity contribution in [2.75, 3.05) is 11.9 Å². The van der Waals surface area contributed by atoms with Crippen LogP contribution >= 0.6 is 12.4 Å². The normalized spacial score (nSPS) is 11.2. The highest BCUT2D eigenvalue weighted by molar-refractivity contribution is 5.95. The summed E-state index contributed by atoms with van der Waals surface area (Å²) >= 11 is 0. The lowest BCUT2D eigenvalue weighted by atomic mass is 10.1. The van der Waals surface area contributed by atoms with E-state index < -0.39 is 6.04 Å².